The fourth-order valence-electron chi connectivity index (χ4n) is 4.13. The third kappa shape index (κ3) is 2.28. The molecule has 4 N–H and O–H groups in total. The maximum Gasteiger partial charge on any atom is 0.202 e. The van der Waals surface area contributed by atoms with Crippen molar-refractivity contribution in [3.63, 3.8) is 0 Å². The Bertz CT molecular complexity index is 1020. The lowest BCUT2D eigenvalue weighted by molar-refractivity contribution is -0.00904. The Kier molecular flexibility index (Phi) is 3.60. The number of aliphatic hydroxyl groups excluding tert-OH is 1. The van der Waals surface area contributed by atoms with E-state index in [0.717, 1.165) is 0 Å². The molecule has 0 bridgehead atoms. The van der Waals surface area contributed by atoms with Crippen LogP contribution in [0.2, 0.25) is 0 Å². The van der Waals surface area contributed by atoms with Crippen LogP contribution in [0.4, 0.5) is 0 Å². The van der Waals surface area contributed by atoms with E-state index in [1.165, 1.54) is 26.2 Å². The minimum atomic E-state index is -1.33. The van der Waals surface area contributed by atoms with Crippen LogP contribution in [0.1, 0.15) is 62.4 Å². The zero-order valence-corrected chi connectivity index (χ0v) is 14.7. The normalized spacial score (nSPS) is 23.5. The zero-order chi connectivity index (χ0) is 19.7. The predicted molar refractivity (Wildman–Crippen MR) is 93.5 cm³/mol. The maximum absolute atomic E-state index is 13.1. The first kappa shape index (κ1) is 17.5. The molecule has 2 aromatic rings. The highest BCUT2D eigenvalue weighted by Gasteiger charge is 2.44. The second-order valence-corrected chi connectivity index (χ2v) is 7.27. The molecule has 0 radical (unpaired) electrons. The number of phenols is 2. The topological polar surface area (TPSA) is 124 Å². The van der Waals surface area contributed by atoms with E-state index in [2.05, 4.69) is 0 Å². The molecular formula is C20H18O7. The van der Waals surface area contributed by atoms with Gasteiger partial charge in [-0.05, 0) is 13.0 Å². The van der Waals surface area contributed by atoms with Gasteiger partial charge in [0.2, 0.25) is 5.78 Å². The fourth-order valence-corrected chi connectivity index (χ4v) is 4.13. The van der Waals surface area contributed by atoms with Gasteiger partial charge in [0, 0.05) is 29.5 Å². The summed E-state index contributed by atoms with van der Waals surface area (Å²) in [6.07, 6.45) is -1.44. The van der Waals surface area contributed by atoms with Crippen LogP contribution < -0.4 is 4.74 Å². The lowest BCUT2D eigenvalue weighted by Crippen LogP contribution is -2.35. The molecule has 0 fully saturated rings. The number of benzene rings is 2. The molecule has 0 unspecified atom stereocenters. The number of fused-ring (bicyclic) bond motifs is 3. The first-order valence-corrected chi connectivity index (χ1v) is 8.45. The first-order valence-electron chi connectivity index (χ1n) is 8.45. The van der Waals surface area contributed by atoms with Gasteiger partial charge in [0.15, 0.2) is 5.78 Å². The molecule has 140 valence electrons. The highest BCUT2D eigenvalue weighted by Crippen LogP contribution is 2.50. The summed E-state index contributed by atoms with van der Waals surface area (Å²) in [5, 5.41) is 42.2. The van der Waals surface area contributed by atoms with Gasteiger partial charge in [-0.25, -0.2) is 0 Å². The summed E-state index contributed by atoms with van der Waals surface area (Å²) in [6.45, 7) is 1.49. The number of ketones is 2. The Morgan fingerprint density at radius 2 is 1.74 bits per heavy atom. The Hall–Kier alpha value is -2.90. The van der Waals surface area contributed by atoms with Gasteiger partial charge in [0.1, 0.15) is 17.2 Å². The SMILES string of the molecule is COc1cccc2c1C(=O)c1c(O)c3c(c(O)c1C2=O)C[C@](C)(O)C[C@H]3O. The summed E-state index contributed by atoms with van der Waals surface area (Å²) < 4.78 is 5.18. The van der Waals surface area contributed by atoms with Crippen LogP contribution >= 0.6 is 0 Å². The van der Waals surface area contributed by atoms with Crippen molar-refractivity contribution in [3.05, 3.63) is 51.6 Å². The van der Waals surface area contributed by atoms with Gasteiger partial charge in [-0.1, -0.05) is 12.1 Å². The molecule has 4 rings (SSSR count). The molecule has 0 aliphatic heterocycles. The molecule has 2 aromatic carbocycles. The van der Waals surface area contributed by atoms with E-state index in [-0.39, 0.29) is 52.0 Å². The first-order chi connectivity index (χ1) is 12.7. The monoisotopic (exact) mass is 370 g/mol. The second-order valence-electron chi connectivity index (χ2n) is 7.27. The van der Waals surface area contributed by atoms with Gasteiger partial charge in [0.25, 0.3) is 0 Å². The van der Waals surface area contributed by atoms with Crippen molar-refractivity contribution in [2.75, 3.05) is 7.11 Å². The van der Waals surface area contributed by atoms with Crippen LogP contribution in [-0.2, 0) is 6.42 Å². The number of ether oxygens (including phenoxy) is 1. The van der Waals surface area contributed by atoms with E-state index >= 15 is 0 Å². The molecular weight excluding hydrogens is 352 g/mol. The summed E-state index contributed by atoms with van der Waals surface area (Å²) in [7, 11) is 1.36. The number of methoxy groups -OCH3 is 1. The molecule has 0 saturated heterocycles. The van der Waals surface area contributed by atoms with E-state index < -0.39 is 34.8 Å². The number of hydrogen-bond acceptors (Lipinski definition) is 7. The molecule has 7 heteroatoms. The van der Waals surface area contributed by atoms with Gasteiger partial charge >= 0.3 is 0 Å². The number of carbonyl (C=O) groups is 2. The van der Waals surface area contributed by atoms with Crippen molar-refractivity contribution in [3.8, 4) is 17.2 Å². The van der Waals surface area contributed by atoms with Gasteiger partial charge in [-0.2, -0.15) is 0 Å². The molecule has 2 atom stereocenters. The van der Waals surface area contributed by atoms with Crippen molar-refractivity contribution in [2.24, 2.45) is 0 Å². The van der Waals surface area contributed by atoms with Crippen molar-refractivity contribution < 1.29 is 34.8 Å². The highest BCUT2D eigenvalue weighted by atomic mass is 16.5. The lowest BCUT2D eigenvalue weighted by Gasteiger charge is -2.35. The molecule has 7 nitrogen and oxygen atoms in total. The number of aromatic hydroxyl groups is 2. The van der Waals surface area contributed by atoms with Gasteiger partial charge in [-0.15, -0.1) is 0 Å². The highest BCUT2D eigenvalue weighted by molar-refractivity contribution is 6.31. The van der Waals surface area contributed by atoms with Crippen LogP contribution in [-0.4, -0.2) is 44.7 Å². The van der Waals surface area contributed by atoms with Gasteiger partial charge in [0.05, 0.1) is 35.5 Å². The number of phenolic OH excluding ortho intramolecular Hbond substituents is 2. The molecule has 0 saturated carbocycles. The number of carbonyl (C=O) groups excluding carboxylic acids is 2. The van der Waals surface area contributed by atoms with Gasteiger partial charge < -0.3 is 25.2 Å². The number of rotatable bonds is 1. The summed E-state index contributed by atoms with van der Waals surface area (Å²) >= 11 is 0. The van der Waals surface area contributed by atoms with E-state index in [9.17, 15) is 30.0 Å². The minimum absolute atomic E-state index is 0.00412. The molecule has 2 aliphatic rings. The van der Waals surface area contributed by atoms with Crippen molar-refractivity contribution in [2.45, 2.75) is 31.5 Å². The molecule has 0 spiro atoms. The smallest absolute Gasteiger partial charge is 0.202 e. The van der Waals surface area contributed by atoms with Crippen LogP contribution in [0.5, 0.6) is 17.2 Å². The molecule has 2 aliphatic carbocycles. The number of hydrogen-bond donors (Lipinski definition) is 4. The largest absolute Gasteiger partial charge is 0.507 e. The average Bonchev–Trinajstić information content (AvgIpc) is 2.60. The van der Waals surface area contributed by atoms with E-state index in [0.29, 0.717) is 0 Å². The van der Waals surface area contributed by atoms with Crippen LogP contribution in [0.3, 0.4) is 0 Å². The summed E-state index contributed by atoms with van der Waals surface area (Å²) in [4.78, 5) is 26.1. The van der Waals surface area contributed by atoms with Crippen molar-refractivity contribution in [1.29, 1.82) is 0 Å². The van der Waals surface area contributed by atoms with Crippen molar-refractivity contribution in [1.82, 2.24) is 0 Å². The molecule has 0 amide bonds. The van der Waals surface area contributed by atoms with E-state index in [1.54, 1.807) is 6.07 Å². The Labute approximate surface area is 154 Å². The quantitative estimate of drug-likeness (QED) is 0.480. The third-order valence-electron chi connectivity index (χ3n) is 5.29. The molecule has 0 heterocycles. The van der Waals surface area contributed by atoms with Crippen LogP contribution in [0.25, 0.3) is 0 Å². The van der Waals surface area contributed by atoms with E-state index in [4.69, 9.17) is 4.74 Å². The van der Waals surface area contributed by atoms with Gasteiger partial charge in [-0.3, -0.25) is 9.59 Å². The second kappa shape index (κ2) is 5.55. The summed E-state index contributed by atoms with van der Waals surface area (Å²) in [5.41, 5.74) is -1.89. The predicted octanol–water partition coefficient (Wildman–Crippen LogP) is 1.61. The average molecular weight is 370 g/mol. The van der Waals surface area contributed by atoms with Crippen LogP contribution in [0.15, 0.2) is 18.2 Å². The summed E-state index contributed by atoms with van der Waals surface area (Å²) in [6, 6.07) is 4.52. The van der Waals surface area contributed by atoms with Crippen LogP contribution in [0, 0.1) is 0 Å². The zero-order valence-electron chi connectivity index (χ0n) is 14.7. The third-order valence-corrected chi connectivity index (χ3v) is 5.29. The maximum atomic E-state index is 13.1. The molecule has 27 heavy (non-hydrogen) atoms. The standard InChI is InChI=1S/C20H18O7/c1-20(26)6-9-12(10(21)7-20)18(24)15-14(17(9)23)16(22)8-4-3-5-11(27-2)13(8)19(15)25/h3-5,10,21,23-24,26H,6-7H2,1-2H3/t10-,20+/m1/s1. The Morgan fingerprint density at radius 1 is 1.07 bits per heavy atom. The van der Waals surface area contributed by atoms with E-state index in [1.807, 2.05) is 0 Å². The Morgan fingerprint density at radius 3 is 2.41 bits per heavy atom. The lowest BCUT2D eigenvalue weighted by atomic mass is 9.73. The number of aliphatic hydroxyl groups is 2. The van der Waals surface area contributed by atoms with Crippen molar-refractivity contribution >= 4 is 11.6 Å². The molecule has 0 aromatic heterocycles. The fraction of sp³-hybridized carbons (Fsp3) is 0.300. The minimum Gasteiger partial charge on any atom is -0.507 e. The summed E-state index contributed by atoms with van der Waals surface area (Å²) in [5.74, 6) is -2.16. The Balaban J connectivity index is 2.06.